The van der Waals surface area contributed by atoms with Crippen LogP contribution >= 0.6 is 0 Å². The van der Waals surface area contributed by atoms with Crippen LogP contribution in [0.25, 0.3) is 6.08 Å². The van der Waals surface area contributed by atoms with E-state index in [2.05, 4.69) is 10.9 Å². The molecule has 36 heavy (non-hydrogen) atoms. The fourth-order valence-corrected chi connectivity index (χ4v) is 4.26. The monoisotopic (exact) mass is 500 g/mol. The van der Waals surface area contributed by atoms with E-state index in [9.17, 15) is 19.2 Å². The van der Waals surface area contributed by atoms with Crippen molar-refractivity contribution >= 4 is 29.8 Å². The van der Waals surface area contributed by atoms with Crippen molar-refractivity contribution in [2.45, 2.75) is 52.2 Å². The summed E-state index contributed by atoms with van der Waals surface area (Å²) in [6, 6.07) is 9.01. The molecular formula is C26H36N4O6. The van der Waals surface area contributed by atoms with Gasteiger partial charge in [-0.25, -0.2) is 15.1 Å². The van der Waals surface area contributed by atoms with Crippen molar-refractivity contribution in [2.24, 2.45) is 17.8 Å². The first kappa shape index (κ1) is 27.3. The first-order chi connectivity index (χ1) is 17.3. The maximum Gasteiger partial charge on any atom is 0.346 e. The van der Waals surface area contributed by atoms with Crippen molar-refractivity contribution in [3.63, 3.8) is 0 Å². The Morgan fingerprint density at radius 1 is 1.14 bits per heavy atom. The quantitative estimate of drug-likeness (QED) is 0.356. The van der Waals surface area contributed by atoms with E-state index in [4.69, 9.17) is 9.57 Å². The molecule has 196 valence electrons. The smallest absolute Gasteiger partial charge is 0.346 e. The van der Waals surface area contributed by atoms with Gasteiger partial charge in [-0.3, -0.25) is 19.8 Å². The lowest BCUT2D eigenvalue weighted by Gasteiger charge is -2.29. The number of urea groups is 1. The molecule has 2 aliphatic heterocycles. The van der Waals surface area contributed by atoms with Gasteiger partial charge in [-0.2, -0.15) is 5.01 Å². The Kier molecular flexibility index (Phi) is 10.0. The Morgan fingerprint density at radius 2 is 1.89 bits per heavy atom. The number of carbonyl (C=O) groups is 4. The molecule has 10 heteroatoms. The molecule has 1 unspecified atom stereocenters. The first-order valence-electron chi connectivity index (χ1n) is 12.4. The summed E-state index contributed by atoms with van der Waals surface area (Å²) in [5, 5.41) is 0.719. The van der Waals surface area contributed by atoms with E-state index in [1.807, 2.05) is 56.3 Å². The highest BCUT2D eigenvalue weighted by Gasteiger charge is 2.39. The highest BCUT2D eigenvalue weighted by atomic mass is 16.8. The minimum atomic E-state index is -0.812. The van der Waals surface area contributed by atoms with Gasteiger partial charge in [0, 0.05) is 20.1 Å². The molecule has 2 fully saturated rings. The largest absolute Gasteiger partial charge is 0.350 e. The summed E-state index contributed by atoms with van der Waals surface area (Å²) in [4.78, 5) is 57.9. The van der Waals surface area contributed by atoms with Crippen LogP contribution in [-0.2, 0) is 24.0 Å². The second-order valence-electron chi connectivity index (χ2n) is 9.62. The van der Waals surface area contributed by atoms with Gasteiger partial charge in [-0.1, -0.05) is 56.3 Å². The van der Waals surface area contributed by atoms with Crippen LogP contribution in [0, 0.1) is 17.8 Å². The van der Waals surface area contributed by atoms with Gasteiger partial charge in [0.15, 0.2) is 6.29 Å². The SMILES string of the molecule is CC(C)C[C@@H](C(=O)NN1C(=O)CN(C)C1=O)[C@H](CC=Cc1ccccc1)C(=O)NOC1CCCCO1. The highest BCUT2D eigenvalue weighted by molar-refractivity contribution is 6.03. The lowest BCUT2D eigenvalue weighted by molar-refractivity contribution is -0.203. The molecule has 0 saturated carbocycles. The fourth-order valence-electron chi connectivity index (χ4n) is 4.26. The minimum absolute atomic E-state index is 0.0735. The minimum Gasteiger partial charge on any atom is -0.350 e. The molecule has 5 amide bonds. The van der Waals surface area contributed by atoms with Crippen molar-refractivity contribution in [3.8, 4) is 0 Å². The number of rotatable bonds is 11. The number of nitrogens with zero attached hydrogens (tertiary/aromatic N) is 2. The first-order valence-corrected chi connectivity index (χ1v) is 12.4. The third-order valence-electron chi connectivity index (χ3n) is 6.18. The number of amides is 5. The summed E-state index contributed by atoms with van der Waals surface area (Å²) in [6.07, 6.45) is 6.37. The van der Waals surface area contributed by atoms with E-state index in [0.29, 0.717) is 19.4 Å². The maximum absolute atomic E-state index is 13.4. The van der Waals surface area contributed by atoms with E-state index in [1.54, 1.807) is 0 Å². The number of ether oxygens (including phenoxy) is 1. The van der Waals surface area contributed by atoms with Crippen LogP contribution in [0.2, 0.25) is 0 Å². The molecule has 0 radical (unpaired) electrons. The van der Waals surface area contributed by atoms with Gasteiger partial charge in [0.2, 0.25) is 11.8 Å². The van der Waals surface area contributed by atoms with Crippen LogP contribution in [0.15, 0.2) is 36.4 Å². The molecule has 0 bridgehead atoms. The summed E-state index contributed by atoms with van der Waals surface area (Å²) in [7, 11) is 1.48. The number of imide groups is 1. The number of hydrogen-bond acceptors (Lipinski definition) is 6. The molecule has 3 atom stereocenters. The number of hydroxylamine groups is 1. The molecule has 1 aromatic rings. The van der Waals surface area contributed by atoms with Crippen molar-refractivity contribution in [3.05, 3.63) is 42.0 Å². The number of allylic oxidation sites excluding steroid dienone is 1. The third kappa shape index (κ3) is 7.63. The lowest BCUT2D eigenvalue weighted by atomic mass is 9.82. The van der Waals surface area contributed by atoms with Crippen molar-refractivity contribution in [2.75, 3.05) is 20.2 Å². The topological polar surface area (TPSA) is 117 Å². The molecule has 2 heterocycles. The number of nitrogens with one attached hydrogen (secondary N) is 2. The van der Waals surface area contributed by atoms with Crippen LogP contribution < -0.4 is 10.9 Å². The Morgan fingerprint density at radius 3 is 2.50 bits per heavy atom. The summed E-state index contributed by atoms with van der Waals surface area (Å²) in [5.74, 6) is -3.10. The van der Waals surface area contributed by atoms with Crippen LogP contribution in [0.4, 0.5) is 4.79 Å². The Bertz CT molecular complexity index is 945. The fraction of sp³-hybridized carbons (Fsp3) is 0.538. The van der Waals surface area contributed by atoms with Gasteiger partial charge in [0.1, 0.15) is 6.54 Å². The number of benzene rings is 1. The number of hydrazine groups is 1. The maximum atomic E-state index is 13.4. The third-order valence-corrected chi connectivity index (χ3v) is 6.18. The van der Waals surface area contributed by atoms with Crippen molar-refractivity contribution in [1.82, 2.24) is 20.8 Å². The molecule has 2 aliphatic rings. The van der Waals surface area contributed by atoms with Crippen LogP contribution in [0.1, 0.15) is 51.5 Å². The Balaban J connectivity index is 1.78. The van der Waals surface area contributed by atoms with Gasteiger partial charge in [0.05, 0.1) is 11.8 Å². The Hall–Kier alpha value is -3.24. The molecule has 2 N–H and O–H groups in total. The molecule has 2 saturated heterocycles. The van der Waals surface area contributed by atoms with Crippen molar-refractivity contribution < 1.29 is 28.8 Å². The predicted molar refractivity (Wildman–Crippen MR) is 132 cm³/mol. The number of likely N-dealkylation sites (N-methyl/N-ethyl adjacent to an activating group) is 1. The lowest BCUT2D eigenvalue weighted by Crippen LogP contribution is -2.51. The van der Waals surface area contributed by atoms with Crippen molar-refractivity contribution in [1.29, 1.82) is 0 Å². The average Bonchev–Trinajstić information content (AvgIpc) is 3.11. The zero-order chi connectivity index (χ0) is 26.1. The second-order valence-corrected chi connectivity index (χ2v) is 9.62. The number of hydrogen-bond donors (Lipinski definition) is 2. The highest BCUT2D eigenvalue weighted by Crippen LogP contribution is 2.26. The summed E-state index contributed by atoms with van der Waals surface area (Å²) >= 11 is 0. The van der Waals surface area contributed by atoms with E-state index in [-0.39, 0.29) is 18.9 Å². The van der Waals surface area contributed by atoms with Gasteiger partial charge in [0.25, 0.3) is 5.91 Å². The Labute approximate surface area is 211 Å². The molecule has 0 spiro atoms. The van der Waals surface area contributed by atoms with Gasteiger partial charge in [-0.05, 0) is 37.2 Å². The van der Waals surface area contributed by atoms with E-state index in [0.717, 1.165) is 23.4 Å². The van der Waals surface area contributed by atoms with E-state index in [1.165, 1.54) is 11.9 Å². The normalized spacial score (nSPS) is 20.2. The zero-order valence-electron chi connectivity index (χ0n) is 21.1. The molecule has 0 aromatic heterocycles. The molecule has 0 aliphatic carbocycles. The number of carbonyl (C=O) groups excluding carboxylic acids is 4. The molecular weight excluding hydrogens is 464 g/mol. The van der Waals surface area contributed by atoms with Gasteiger partial charge in [-0.15, -0.1) is 0 Å². The van der Waals surface area contributed by atoms with Gasteiger partial charge >= 0.3 is 6.03 Å². The van der Waals surface area contributed by atoms with Crippen LogP contribution in [0.5, 0.6) is 0 Å². The zero-order valence-corrected chi connectivity index (χ0v) is 21.1. The predicted octanol–water partition coefficient (Wildman–Crippen LogP) is 2.87. The van der Waals surface area contributed by atoms with E-state index >= 15 is 0 Å². The van der Waals surface area contributed by atoms with Crippen LogP contribution in [-0.4, -0.2) is 60.2 Å². The van der Waals surface area contributed by atoms with Gasteiger partial charge < -0.3 is 9.64 Å². The summed E-state index contributed by atoms with van der Waals surface area (Å²) < 4.78 is 5.53. The summed E-state index contributed by atoms with van der Waals surface area (Å²) in [6.45, 7) is 4.34. The summed E-state index contributed by atoms with van der Waals surface area (Å²) in [5.41, 5.74) is 5.90. The van der Waals surface area contributed by atoms with E-state index < -0.39 is 41.9 Å². The molecule has 1 aromatic carbocycles. The molecule has 3 rings (SSSR count). The standard InChI is InChI=1S/C26H36N4O6/c1-18(2)16-21(24(32)27-30-22(31)17-29(3)26(30)34)20(13-9-12-19-10-5-4-6-11-19)25(33)28-36-23-14-7-8-15-35-23/h4-6,9-12,18,20-21,23H,7-8,13-17H2,1-3H3,(H,27,32)(H,28,33)/t20-,21+,23?/m0/s1. The average molecular weight is 501 g/mol. The molecule has 10 nitrogen and oxygen atoms in total. The second kappa shape index (κ2) is 13.2. The van der Waals surface area contributed by atoms with Crippen LogP contribution in [0.3, 0.4) is 0 Å².